The van der Waals surface area contributed by atoms with E-state index in [-0.39, 0.29) is 12.1 Å². The molecule has 6 heteroatoms. The fraction of sp³-hybridized carbons (Fsp3) is 0.688. The molecule has 0 N–H and O–H groups in total. The van der Waals surface area contributed by atoms with Crippen molar-refractivity contribution in [3.8, 4) is 0 Å². The average molecular weight is 306 g/mol. The summed E-state index contributed by atoms with van der Waals surface area (Å²) in [5.74, 6) is 0.821. The van der Waals surface area contributed by atoms with Gasteiger partial charge in [0.1, 0.15) is 5.60 Å². The van der Waals surface area contributed by atoms with Gasteiger partial charge >= 0.3 is 6.09 Å². The lowest BCUT2D eigenvalue weighted by Crippen LogP contribution is -2.44. The molecule has 0 radical (unpaired) electrons. The molecule has 1 aromatic rings. The molecule has 1 amide bonds. The first kappa shape index (κ1) is 16.5. The minimum Gasteiger partial charge on any atom is -0.444 e. The predicted molar refractivity (Wildman–Crippen MR) is 86.0 cm³/mol. The van der Waals surface area contributed by atoms with Crippen molar-refractivity contribution in [3.63, 3.8) is 0 Å². The number of aromatic nitrogens is 2. The van der Waals surface area contributed by atoms with Gasteiger partial charge in [0, 0.05) is 20.1 Å². The molecule has 1 saturated heterocycles. The summed E-state index contributed by atoms with van der Waals surface area (Å²) < 4.78 is 5.50. The number of hydrogen-bond acceptors (Lipinski definition) is 5. The van der Waals surface area contributed by atoms with Gasteiger partial charge in [-0.05, 0) is 52.7 Å². The van der Waals surface area contributed by atoms with Crippen molar-refractivity contribution in [3.05, 3.63) is 17.8 Å². The molecule has 1 aromatic heterocycles. The molecule has 0 aliphatic carbocycles. The Labute approximate surface area is 132 Å². The van der Waals surface area contributed by atoms with E-state index in [9.17, 15) is 4.79 Å². The molecule has 1 unspecified atom stereocenters. The average Bonchev–Trinajstić information content (AvgIpc) is 2.85. The number of rotatable bonds is 3. The second-order valence-corrected chi connectivity index (χ2v) is 6.88. The molecular formula is C16H26N4O2. The third kappa shape index (κ3) is 4.32. The largest absolute Gasteiger partial charge is 0.444 e. The highest BCUT2D eigenvalue weighted by Gasteiger charge is 2.32. The summed E-state index contributed by atoms with van der Waals surface area (Å²) in [6.07, 6.45) is 1.78. The van der Waals surface area contributed by atoms with Gasteiger partial charge < -0.3 is 14.5 Å². The SMILES string of the molecule is Cc1ccc(N(C)CC2CCCN2C(=O)OC(C)(C)C)nn1. The third-order valence-corrected chi connectivity index (χ3v) is 3.66. The first-order valence-corrected chi connectivity index (χ1v) is 7.77. The number of likely N-dealkylation sites (N-methyl/N-ethyl adjacent to an activating group) is 1. The van der Waals surface area contributed by atoms with Crippen LogP contribution in [0.2, 0.25) is 0 Å². The van der Waals surface area contributed by atoms with Gasteiger partial charge in [-0.3, -0.25) is 0 Å². The van der Waals surface area contributed by atoms with Crippen LogP contribution in [0.3, 0.4) is 0 Å². The zero-order chi connectivity index (χ0) is 16.3. The molecule has 0 spiro atoms. The lowest BCUT2D eigenvalue weighted by molar-refractivity contribution is 0.0232. The van der Waals surface area contributed by atoms with Crippen LogP contribution in [0.1, 0.15) is 39.3 Å². The van der Waals surface area contributed by atoms with Crippen molar-refractivity contribution in [2.75, 3.05) is 25.0 Å². The van der Waals surface area contributed by atoms with E-state index in [1.54, 1.807) is 0 Å². The maximum atomic E-state index is 12.3. The van der Waals surface area contributed by atoms with E-state index in [2.05, 4.69) is 10.2 Å². The van der Waals surface area contributed by atoms with Gasteiger partial charge in [-0.15, -0.1) is 5.10 Å². The molecule has 6 nitrogen and oxygen atoms in total. The van der Waals surface area contributed by atoms with Gasteiger partial charge in [0.2, 0.25) is 0 Å². The van der Waals surface area contributed by atoms with Crippen LogP contribution in [0.4, 0.5) is 10.6 Å². The second kappa shape index (κ2) is 6.50. The van der Waals surface area contributed by atoms with Crippen LogP contribution in [0.15, 0.2) is 12.1 Å². The predicted octanol–water partition coefficient (Wildman–Crippen LogP) is 2.62. The van der Waals surface area contributed by atoms with Crippen LogP contribution in [0, 0.1) is 6.92 Å². The summed E-state index contributed by atoms with van der Waals surface area (Å²) >= 11 is 0. The van der Waals surface area contributed by atoms with Crippen molar-refractivity contribution in [1.29, 1.82) is 0 Å². The van der Waals surface area contributed by atoms with Gasteiger partial charge in [0.15, 0.2) is 5.82 Å². The Morgan fingerprint density at radius 1 is 1.41 bits per heavy atom. The summed E-state index contributed by atoms with van der Waals surface area (Å²) in [7, 11) is 1.98. The summed E-state index contributed by atoms with van der Waals surface area (Å²) in [5, 5.41) is 8.27. The Hall–Kier alpha value is -1.85. The highest BCUT2D eigenvalue weighted by molar-refractivity contribution is 5.69. The second-order valence-electron chi connectivity index (χ2n) is 6.88. The molecule has 0 aromatic carbocycles. The summed E-state index contributed by atoms with van der Waals surface area (Å²) in [6.45, 7) is 9.08. The molecule has 1 fully saturated rings. The van der Waals surface area contributed by atoms with Crippen LogP contribution in [0.5, 0.6) is 0 Å². The number of carbonyl (C=O) groups is 1. The zero-order valence-electron chi connectivity index (χ0n) is 14.2. The summed E-state index contributed by atoms with van der Waals surface area (Å²) in [5.41, 5.74) is 0.437. The monoisotopic (exact) mass is 306 g/mol. The third-order valence-electron chi connectivity index (χ3n) is 3.66. The molecule has 122 valence electrons. The number of hydrogen-bond donors (Lipinski definition) is 0. The zero-order valence-corrected chi connectivity index (χ0v) is 14.2. The fourth-order valence-electron chi connectivity index (χ4n) is 2.59. The number of ether oxygens (including phenoxy) is 1. The van der Waals surface area contributed by atoms with Crippen LogP contribution in [0.25, 0.3) is 0 Å². The van der Waals surface area contributed by atoms with E-state index in [4.69, 9.17) is 4.74 Å². The van der Waals surface area contributed by atoms with E-state index in [0.717, 1.165) is 37.4 Å². The van der Waals surface area contributed by atoms with Crippen molar-refractivity contribution < 1.29 is 9.53 Å². The molecule has 0 bridgehead atoms. The Balaban J connectivity index is 1.98. The number of amides is 1. The van der Waals surface area contributed by atoms with Crippen molar-refractivity contribution in [2.45, 2.75) is 52.2 Å². The number of nitrogens with zero attached hydrogens (tertiary/aromatic N) is 4. The van der Waals surface area contributed by atoms with Gasteiger partial charge in [-0.25, -0.2) is 4.79 Å². The topological polar surface area (TPSA) is 58.6 Å². The quantitative estimate of drug-likeness (QED) is 0.859. The summed E-state index contributed by atoms with van der Waals surface area (Å²) in [4.78, 5) is 16.2. The molecular weight excluding hydrogens is 280 g/mol. The molecule has 22 heavy (non-hydrogen) atoms. The highest BCUT2D eigenvalue weighted by atomic mass is 16.6. The fourth-order valence-corrected chi connectivity index (χ4v) is 2.59. The maximum absolute atomic E-state index is 12.3. The van der Waals surface area contributed by atoms with Crippen LogP contribution < -0.4 is 4.90 Å². The van der Waals surface area contributed by atoms with Gasteiger partial charge in [0.05, 0.1) is 11.7 Å². The highest BCUT2D eigenvalue weighted by Crippen LogP contribution is 2.22. The van der Waals surface area contributed by atoms with E-state index < -0.39 is 5.60 Å². The van der Waals surface area contributed by atoms with E-state index in [1.165, 1.54) is 0 Å². The standard InChI is InChI=1S/C16H26N4O2/c1-12-8-9-14(18-17-12)19(5)11-13-7-6-10-20(13)15(21)22-16(2,3)4/h8-9,13H,6-7,10-11H2,1-5H3. The summed E-state index contributed by atoms with van der Waals surface area (Å²) in [6, 6.07) is 4.05. The Morgan fingerprint density at radius 2 is 2.14 bits per heavy atom. The normalized spacial score (nSPS) is 18.4. The van der Waals surface area contributed by atoms with E-state index >= 15 is 0 Å². The molecule has 2 heterocycles. The minimum absolute atomic E-state index is 0.156. The van der Waals surface area contributed by atoms with E-state index in [0.29, 0.717) is 0 Å². The number of aryl methyl sites for hydroxylation is 1. The van der Waals surface area contributed by atoms with Gasteiger partial charge in [-0.2, -0.15) is 5.10 Å². The molecule has 0 saturated carbocycles. The number of carbonyl (C=O) groups excluding carboxylic acids is 1. The smallest absolute Gasteiger partial charge is 0.410 e. The van der Waals surface area contributed by atoms with E-state index in [1.807, 2.05) is 56.7 Å². The Morgan fingerprint density at radius 3 is 2.73 bits per heavy atom. The van der Waals surface area contributed by atoms with Crippen molar-refractivity contribution >= 4 is 11.9 Å². The molecule has 1 aliphatic heterocycles. The Bertz CT molecular complexity index is 510. The first-order valence-electron chi connectivity index (χ1n) is 7.77. The first-order chi connectivity index (χ1) is 10.3. The minimum atomic E-state index is -0.460. The van der Waals surface area contributed by atoms with Crippen LogP contribution in [-0.2, 0) is 4.74 Å². The van der Waals surface area contributed by atoms with Crippen LogP contribution in [-0.4, -0.2) is 53.0 Å². The molecule has 1 atom stereocenters. The molecule has 2 rings (SSSR count). The van der Waals surface area contributed by atoms with Crippen molar-refractivity contribution in [2.24, 2.45) is 0 Å². The lowest BCUT2D eigenvalue weighted by atomic mass is 10.2. The van der Waals surface area contributed by atoms with Crippen molar-refractivity contribution in [1.82, 2.24) is 15.1 Å². The Kier molecular flexibility index (Phi) is 4.88. The maximum Gasteiger partial charge on any atom is 0.410 e. The van der Waals surface area contributed by atoms with Gasteiger partial charge in [0.25, 0.3) is 0 Å². The van der Waals surface area contributed by atoms with Gasteiger partial charge in [-0.1, -0.05) is 0 Å². The number of anilines is 1. The lowest BCUT2D eigenvalue weighted by Gasteiger charge is -2.31. The molecule has 1 aliphatic rings. The van der Waals surface area contributed by atoms with Crippen LogP contribution >= 0.6 is 0 Å². The number of likely N-dealkylation sites (tertiary alicyclic amines) is 1.